The third-order valence-electron chi connectivity index (χ3n) is 5.51. The van der Waals surface area contributed by atoms with Gasteiger partial charge in [-0.05, 0) is 41.8 Å². The molecule has 0 bridgehead atoms. The van der Waals surface area contributed by atoms with E-state index >= 15 is 0 Å². The summed E-state index contributed by atoms with van der Waals surface area (Å²) in [5.41, 5.74) is 3.36. The quantitative estimate of drug-likeness (QED) is 0.697. The molecule has 0 aliphatic carbocycles. The van der Waals surface area contributed by atoms with Crippen molar-refractivity contribution in [3.05, 3.63) is 76.5 Å². The maximum atomic E-state index is 13.2. The first kappa shape index (κ1) is 20.5. The van der Waals surface area contributed by atoms with Gasteiger partial charge in [0.05, 0.1) is 43.6 Å². The highest BCUT2D eigenvalue weighted by atomic mass is 16.5. The average Bonchev–Trinajstić information content (AvgIpc) is 3.12. The van der Waals surface area contributed by atoms with E-state index in [1.54, 1.807) is 36.3 Å². The van der Waals surface area contributed by atoms with E-state index in [0.717, 1.165) is 16.9 Å². The molecule has 4 rings (SSSR count). The summed E-state index contributed by atoms with van der Waals surface area (Å²) in [6.45, 7) is 0.885. The number of rotatable bonds is 6. The number of hydrogen-bond acceptors (Lipinski definition) is 5. The standard InChI is InChI=1S/C23H23N3O5/c1-30-17-9-3-14(4-10-17)11-12-26-13-18-19(21(26)27)20(25-23(29)24-18)15-5-7-16(8-6-15)22(28)31-2/h3-10,20H,11-13H2,1-2H3,(H2,24,25,29)/t20-/m0/s1. The zero-order valence-corrected chi connectivity index (χ0v) is 17.3. The number of ether oxygens (including phenoxy) is 2. The van der Waals surface area contributed by atoms with Crippen molar-refractivity contribution in [2.24, 2.45) is 0 Å². The first-order chi connectivity index (χ1) is 15.0. The molecule has 0 fully saturated rings. The summed E-state index contributed by atoms with van der Waals surface area (Å²) in [6.07, 6.45) is 0.691. The van der Waals surface area contributed by atoms with E-state index in [4.69, 9.17) is 9.47 Å². The van der Waals surface area contributed by atoms with Gasteiger partial charge in [0.1, 0.15) is 5.75 Å². The van der Waals surface area contributed by atoms with Crippen LogP contribution in [0.25, 0.3) is 0 Å². The van der Waals surface area contributed by atoms with Gasteiger partial charge in [0, 0.05) is 6.54 Å². The molecule has 2 aromatic carbocycles. The highest BCUT2D eigenvalue weighted by Gasteiger charge is 2.40. The van der Waals surface area contributed by atoms with Crippen LogP contribution >= 0.6 is 0 Å². The highest BCUT2D eigenvalue weighted by molar-refractivity contribution is 6.01. The minimum atomic E-state index is -0.575. The molecular formula is C23H23N3O5. The Hall–Kier alpha value is -3.81. The van der Waals surface area contributed by atoms with Crippen molar-refractivity contribution in [3.63, 3.8) is 0 Å². The van der Waals surface area contributed by atoms with Gasteiger partial charge in [0.25, 0.3) is 5.91 Å². The maximum absolute atomic E-state index is 13.2. The average molecular weight is 421 g/mol. The van der Waals surface area contributed by atoms with E-state index in [0.29, 0.717) is 36.3 Å². The monoisotopic (exact) mass is 421 g/mol. The van der Waals surface area contributed by atoms with Crippen molar-refractivity contribution in [3.8, 4) is 5.75 Å². The number of amides is 3. The predicted octanol–water partition coefficient (Wildman–Crippen LogP) is 2.17. The second kappa shape index (κ2) is 8.51. The number of urea groups is 1. The molecule has 0 saturated carbocycles. The summed E-state index contributed by atoms with van der Waals surface area (Å²) in [5, 5.41) is 5.59. The lowest BCUT2D eigenvalue weighted by molar-refractivity contribution is -0.125. The van der Waals surface area contributed by atoms with Crippen LogP contribution in [0.2, 0.25) is 0 Å². The number of methoxy groups -OCH3 is 2. The highest BCUT2D eigenvalue weighted by Crippen LogP contribution is 2.32. The minimum absolute atomic E-state index is 0.113. The third kappa shape index (κ3) is 4.09. The van der Waals surface area contributed by atoms with E-state index < -0.39 is 12.0 Å². The van der Waals surface area contributed by atoms with Gasteiger partial charge >= 0.3 is 12.0 Å². The smallest absolute Gasteiger partial charge is 0.337 e. The van der Waals surface area contributed by atoms with Crippen molar-refractivity contribution >= 4 is 17.9 Å². The van der Waals surface area contributed by atoms with Gasteiger partial charge in [-0.1, -0.05) is 24.3 Å². The normalized spacial score (nSPS) is 17.7. The molecule has 2 aromatic rings. The lowest BCUT2D eigenvalue weighted by Crippen LogP contribution is -2.44. The molecule has 0 aromatic heterocycles. The number of esters is 1. The van der Waals surface area contributed by atoms with Gasteiger partial charge in [-0.3, -0.25) is 4.79 Å². The lowest BCUT2D eigenvalue weighted by atomic mass is 9.95. The van der Waals surface area contributed by atoms with Crippen LogP contribution in [0.4, 0.5) is 4.79 Å². The number of nitrogens with zero attached hydrogens (tertiary/aromatic N) is 1. The van der Waals surface area contributed by atoms with Crippen LogP contribution in [-0.2, 0) is 16.0 Å². The van der Waals surface area contributed by atoms with Crippen molar-refractivity contribution in [1.29, 1.82) is 0 Å². The van der Waals surface area contributed by atoms with Gasteiger partial charge in [-0.25, -0.2) is 9.59 Å². The number of nitrogens with one attached hydrogen (secondary N) is 2. The second-order valence-corrected chi connectivity index (χ2v) is 7.36. The number of carbonyl (C=O) groups excluding carboxylic acids is 3. The van der Waals surface area contributed by atoms with Crippen LogP contribution in [0.1, 0.15) is 27.5 Å². The Bertz CT molecular complexity index is 1040. The van der Waals surface area contributed by atoms with Crippen LogP contribution in [0, 0.1) is 0 Å². The van der Waals surface area contributed by atoms with Crippen LogP contribution in [0.3, 0.4) is 0 Å². The molecule has 0 saturated heterocycles. The molecule has 0 radical (unpaired) electrons. The molecule has 2 N–H and O–H groups in total. The molecule has 160 valence electrons. The maximum Gasteiger partial charge on any atom is 0.337 e. The predicted molar refractivity (Wildman–Crippen MR) is 112 cm³/mol. The van der Waals surface area contributed by atoms with Crippen molar-refractivity contribution < 1.29 is 23.9 Å². The molecule has 2 heterocycles. The Kier molecular flexibility index (Phi) is 5.62. The summed E-state index contributed by atoms with van der Waals surface area (Å²) < 4.78 is 9.89. The Labute approximate surface area is 179 Å². The van der Waals surface area contributed by atoms with E-state index in [-0.39, 0.29) is 11.9 Å². The number of benzene rings is 2. The van der Waals surface area contributed by atoms with Gasteiger partial charge in [-0.15, -0.1) is 0 Å². The summed E-state index contributed by atoms with van der Waals surface area (Å²) in [5.74, 6) is 0.230. The lowest BCUT2D eigenvalue weighted by Gasteiger charge is -2.25. The third-order valence-corrected chi connectivity index (χ3v) is 5.51. The molecule has 8 nitrogen and oxygen atoms in total. The van der Waals surface area contributed by atoms with Gasteiger partial charge in [-0.2, -0.15) is 0 Å². The van der Waals surface area contributed by atoms with Gasteiger partial charge < -0.3 is 25.0 Å². The number of hydrogen-bond donors (Lipinski definition) is 2. The van der Waals surface area contributed by atoms with Crippen LogP contribution in [-0.4, -0.2) is 50.1 Å². The molecule has 31 heavy (non-hydrogen) atoms. The van der Waals surface area contributed by atoms with Crippen molar-refractivity contribution in [2.45, 2.75) is 12.5 Å². The van der Waals surface area contributed by atoms with Crippen LogP contribution < -0.4 is 15.4 Å². The molecular weight excluding hydrogens is 398 g/mol. The molecule has 2 aliphatic rings. The zero-order chi connectivity index (χ0) is 22.0. The summed E-state index contributed by atoms with van der Waals surface area (Å²) in [4.78, 5) is 38.8. The molecule has 0 spiro atoms. The largest absolute Gasteiger partial charge is 0.497 e. The zero-order valence-electron chi connectivity index (χ0n) is 17.3. The molecule has 8 heteroatoms. The second-order valence-electron chi connectivity index (χ2n) is 7.36. The van der Waals surface area contributed by atoms with E-state index in [1.165, 1.54) is 7.11 Å². The van der Waals surface area contributed by atoms with Crippen LogP contribution in [0.5, 0.6) is 5.75 Å². The van der Waals surface area contributed by atoms with Gasteiger partial charge in [0.15, 0.2) is 0 Å². The Morgan fingerprint density at radius 2 is 1.77 bits per heavy atom. The first-order valence-corrected chi connectivity index (χ1v) is 9.91. The fourth-order valence-corrected chi connectivity index (χ4v) is 3.84. The molecule has 0 unspecified atom stereocenters. The SMILES string of the molecule is COC(=O)c1ccc([C@@H]2NC(=O)NC3=C2C(=O)N(CCc2ccc(OC)cc2)C3)cc1. The fourth-order valence-electron chi connectivity index (χ4n) is 3.84. The number of carbonyl (C=O) groups is 3. The topological polar surface area (TPSA) is 97.0 Å². The minimum Gasteiger partial charge on any atom is -0.497 e. The summed E-state index contributed by atoms with van der Waals surface area (Å²) in [7, 11) is 2.94. The molecule has 1 atom stereocenters. The van der Waals surface area contributed by atoms with E-state index in [2.05, 4.69) is 10.6 Å². The first-order valence-electron chi connectivity index (χ1n) is 9.91. The Morgan fingerprint density at radius 1 is 1.06 bits per heavy atom. The van der Waals surface area contributed by atoms with Gasteiger partial charge in [0.2, 0.25) is 0 Å². The Morgan fingerprint density at radius 3 is 2.42 bits per heavy atom. The van der Waals surface area contributed by atoms with E-state index in [9.17, 15) is 14.4 Å². The fraction of sp³-hybridized carbons (Fsp3) is 0.261. The van der Waals surface area contributed by atoms with Crippen LogP contribution in [0.15, 0.2) is 59.8 Å². The molecule has 3 amide bonds. The van der Waals surface area contributed by atoms with E-state index in [1.807, 2.05) is 24.3 Å². The summed E-state index contributed by atoms with van der Waals surface area (Å²) in [6, 6.07) is 13.5. The van der Waals surface area contributed by atoms with Crippen molar-refractivity contribution in [1.82, 2.24) is 15.5 Å². The Balaban J connectivity index is 1.50. The summed E-state index contributed by atoms with van der Waals surface area (Å²) >= 11 is 0. The van der Waals surface area contributed by atoms with Crippen molar-refractivity contribution in [2.75, 3.05) is 27.3 Å². The molecule has 2 aliphatic heterocycles.